The van der Waals surface area contributed by atoms with Crippen LogP contribution in [-0.2, 0) is 0 Å². The van der Waals surface area contributed by atoms with Gasteiger partial charge in [-0.15, -0.1) is 0 Å². The average molecular weight is 351 g/mol. The maximum Gasteiger partial charge on any atom is 0.0245 e. The van der Waals surface area contributed by atoms with Gasteiger partial charge in [-0.2, -0.15) is 0 Å². The summed E-state index contributed by atoms with van der Waals surface area (Å²) in [4.78, 5) is 0. The van der Waals surface area contributed by atoms with Gasteiger partial charge in [-0.3, -0.25) is 0 Å². The van der Waals surface area contributed by atoms with Crippen molar-refractivity contribution in [1.29, 1.82) is 0 Å². The van der Waals surface area contributed by atoms with Gasteiger partial charge >= 0.3 is 0 Å². The van der Waals surface area contributed by atoms with Crippen LogP contribution in [0.5, 0.6) is 0 Å². The highest BCUT2D eigenvalue weighted by Gasteiger charge is 2.30. The first-order valence-electron chi connectivity index (χ1n) is 11.4. The zero-order valence-corrected chi connectivity index (χ0v) is 17.1. The van der Waals surface area contributed by atoms with Crippen molar-refractivity contribution in [2.24, 2.45) is 17.8 Å². The Morgan fingerprint density at radius 3 is 1.96 bits per heavy atom. The van der Waals surface area contributed by atoms with Crippen LogP contribution in [0.15, 0.2) is 24.3 Å². The fourth-order valence-corrected chi connectivity index (χ4v) is 5.41. The summed E-state index contributed by atoms with van der Waals surface area (Å²) in [5.74, 6) is 10.4. The second kappa shape index (κ2) is 10.2. The molecule has 0 unspecified atom stereocenters. The molecule has 3 rings (SSSR count). The molecule has 0 N–H and O–H groups in total. The molecule has 0 amide bonds. The maximum atomic E-state index is 3.29. The fourth-order valence-electron chi connectivity index (χ4n) is 5.41. The van der Waals surface area contributed by atoms with Gasteiger partial charge in [0.05, 0.1) is 0 Å². The Morgan fingerprint density at radius 1 is 0.769 bits per heavy atom. The highest BCUT2D eigenvalue weighted by atomic mass is 14.4. The molecule has 1 aromatic rings. The molecule has 0 aromatic heterocycles. The Bertz CT molecular complexity index is 569. The quantitative estimate of drug-likeness (QED) is 0.477. The molecule has 2 fully saturated rings. The van der Waals surface area contributed by atoms with E-state index in [-0.39, 0.29) is 0 Å². The van der Waals surface area contributed by atoms with Crippen molar-refractivity contribution in [3.63, 3.8) is 0 Å². The summed E-state index contributed by atoms with van der Waals surface area (Å²) in [6, 6.07) is 9.16. The van der Waals surface area contributed by atoms with E-state index < -0.39 is 0 Å². The minimum atomic E-state index is 0.792. The summed E-state index contributed by atoms with van der Waals surface area (Å²) in [5.41, 5.74) is 2.73. The molecule has 2 saturated carbocycles. The molecule has 2 aliphatic rings. The van der Waals surface area contributed by atoms with Crippen LogP contribution in [0.3, 0.4) is 0 Å². The van der Waals surface area contributed by atoms with Crippen LogP contribution in [0.2, 0.25) is 0 Å². The Hall–Kier alpha value is -1.22. The van der Waals surface area contributed by atoms with Crippen molar-refractivity contribution in [3.8, 4) is 11.8 Å². The lowest BCUT2D eigenvalue weighted by atomic mass is 9.68. The first-order chi connectivity index (χ1) is 12.8. The van der Waals surface area contributed by atoms with E-state index in [1.165, 1.54) is 69.8 Å². The summed E-state index contributed by atoms with van der Waals surface area (Å²) >= 11 is 0. The van der Waals surface area contributed by atoms with Gasteiger partial charge in [-0.1, -0.05) is 63.5 Å². The molecule has 0 atom stereocenters. The van der Waals surface area contributed by atoms with Crippen molar-refractivity contribution < 1.29 is 0 Å². The number of hydrogen-bond acceptors (Lipinski definition) is 0. The molecule has 0 heteroatoms. The van der Waals surface area contributed by atoms with Gasteiger partial charge in [0.1, 0.15) is 0 Å². The van der Waals surface area contributed by atoms with Crippen molar-refractivity contribution >= 4 is 0 Å². The van der Waals surface area contributed by atoms with Gasteiger partial charge in [-0.25, -0.2) is 0 Å². The van der Waals surface area contributed by atoms with E-state index >= 15 is 0 Å². The van der Waals surface area contributed by atoms with Gasteiger partial charge in [0.2, 0.25) is 0 Å². The van der Waals surface area contributed by atoms with Crippen molar-refractivity contribution in [2.45, 2.75) is 96.8 Å². The van der Waals surface area contributed by atoms with Crippen LogP contribution in [0.1, 0.15) is 108 Å². The molecule has 1 aromatic carbocycles. The summed E-state index contributed by atoms with van der Waals surface area (Å²) in [6.45, 7) is 4.53. The predicted octanol–water partition coefficient (Wildman–Crippen LogP) is 7.72. The molecule has 0 heterocycles. The lowest BCUT2D eigenvalue weighted by Gasteiger charge is -2.38. The number of hydrogen-bond donors (Lipinski definition) is 0. The SMILES string of the molecule is CCCC#Cc1ccc(C2CCC(C3CCC(CCC)CC3)CC2)cc1. The smallest absolute Gasteiger partial charge is 0.0245 e. The zero-order valence-electron chi connectivity index (χ0n) is 17.1. The van der Waals surface area contributed by atoms with Gasteiger partial charge in [0, 0.05) is 12.0 Å². The second-order valence-corrected chi connectivity index (χ2v) is 8.85. The average Bonchev–Trinajstić information content (AvgIpc) is 2.70. The Labute approximate surface area is 162 Å². The summed E-state index contributed by atoms with van der Waals surface area (Å²) < 4.78 is 0. The van der Waals surface area contributed by atoms with Crippen molar-refractivity contribution in [1.82, 2.24) is 0 Å². The number of unbranched alkanes of at least 4 members (excludes halogenated alkanes) is 1. The molecule has 0 saturated heterocycles. The standard InChI is InChI=1S/C26H38/c1-3-5-6-8-22-11-15-24(16-12-22)26-19-17-25(18-20-26)23-13-9-21(7-4-2)10-14-23/h11-12,15-16,21,23,25-26H,3-5,7,9-10,13-14,17-20H2,1-2H3. The largest absolute Gasteiger partial charge is 0.0979 e. The van der Waals surface area contributed by atoms with E-state index in [1.807, 2.05) is 0 Å². The molecule has 142 valence electrons. The van der Waals surface area contributed by atoms with Crippen LogP contribution >= 0.6 is 0 Å². The van der Waals surface area contributed by atoms with Crippen LogP contribution in [0, 0.1) is 29.6 Å². The summed E-state index contributed by atoms with van der Waals surface area (Å²) in [6.07, 6.45) is 16.8. The van der Waals surface area contributed by atoms with Crippen LogP contribution in [-0.4, -0.2) is 0 Å². The second-order valence-electron chi connectivity index (χ2n) is 8.85. The third-order valence-corrected chi connectivity index (χ3v) is 7.02. The summed E-state index contributed by atoms with van der Waals surface area (Å²) in [5, 5.41) is 0. The topological polar surface area (TPSA) is 0 Å². The monoisotopic (exact) mass is 350 g/mol. The van der Waals surface area contributed by atoms with Gasteiger partial charge in [-0.05, 0) is 86.3 Å². The molecular formula is C26H38. The van der Waals surface area contributed by atoms with E-state index in [1.54, 1.807) is 5.56 Å². The van der Waals surface area contributed by atoms with Crippen molar-refractivity contribution in [3.05, 3.63) is 35.4 Å². The molecule has 0 nitrogen and oxygen atoms in total. The fraction of sp³-hybridized carbons (Fsp3) is 0.692. The lowest BCUT2D eigenvalue weighted by molar-refractivity contribution is 0.156. The van der Waals surface area contributed by atoms with E-state index in [2.05, 4.69) is 50.0 Å². The Morgan fingerprint density at radius 2 is 1.38 bits per heavy atom. The minimum Gasteiger partial charge on any atom is -0.0979 e. The van der Waals surface area contributed by atoms with Gasteiger partial charge in [0.25, 0.3) is 0 Å². The minimum absolute atomic E-state index is 0.792. The molecular weight excluding hydrogens is 312 g/mol. The molecule has 0 spiro atoms. The molecule has 26 heavy (non-hydrogen) atoms. The molecule has 0 bridgehead atoms. The van der Waals surface area contributed by atoms with E-state index in [4.69, 9.17) is 0 Å². The van der Waals surface area contributed by atoms with Gasteiger partial charge < -0.3 is 0 Å². The Balaban J connectivity index is 1.46. The van der Waals surface area contributed by atoms with E-state index in [9.17, 15) is 0 Å². The van der Waals surface area contributed by atoms with Crippen LogP contribution in [0.4, 0.5) is 0 Å². The normalized spacial score (nSPS) is 29.0. The lowest BCUT2D eigenvalue weighted by Crippen LogP contribution is -2.25. The third kappa shape index (κ3) is 5.39. The van der Waals surface area contributed by atoms with E-state index in [0.717, 1.165) is 36.5 Å². The van der Waals surface area contributed by atoms with Crippen LogP contribution in [0.25, 0.3) is 0 Å². The summed E-state index contributed by atoms with van der Waals surface area (Å²) in [7, 11) is 0. The zero-order chi connectivity index (χ0) is 18.2. The molecule has 0 aliphatic heterocycles. The first kappa shape index (κ1) is 19.5. The van der Waals surface area contributed by atoms with E-state index in [0.29, 0.717) is 0 Å². The molecule has 2 aliphatic carbocycles. The highest BCUT2D eigenvalue weighted by molar-refractivity contribution is 5.37. The number of rotatable bonds is 5. The highest BCUT2D eigenvalue weighted by Crippen LogP contribution is 2.44. The first-order valence-corrected chi connectivity index (χ1v) is 11.4. The van der Waals surface area contributed by atoms with Gasteiger partial charge in [0.15, 0.2) is 0 Å². The Kier molecular flexibility index (Phi) is 7.67. The van der Waals surface area contributed by atoms with Crippen LogP contribution < -0.4 is 0 Å². The molecule has 0 radical (unpaired) electrons. The maximum absolute atomic E-state index is 3.29. The number of benzene rings is 1. The predicted molar refractivity (Wildman–Crippen MR) is 113 cm³/mol. The van der Waals surface area contributed by atoms with Crippen molar-refractivity contribution in [2.75, 3.05) is 0 Å². The third-order valence-electron chi connectivity index (χ3n) is 7.02.